The summed E-state index contributed by atoms with van der Waals surface area (Å²) in [5.74, 6) is 0. The molecule has 0 radical (unpaired) electrons. The Balaban J connectivity index is 1.91. The third-order valence-corrected chi connectivity index (χ3v) is 8.74. The minimum atomic E-state index is 0.0720. The fourth-order valence-electron chi connectivity index (χ4n) is 3.10. The molecule has 0 aliphatic heterocycles. The van der Waals surface area contributed by atoms with E-state index in [1.165, 1.54) is 38.5 Å². The van der Waals surface area contributed by atoms with E-state index in [0.717, 1.165) is 25.7 Å². The van der Waals surface area contributed by atoms with Gasteiger partial charge in [-0.2, -0.15) is 0 Å². The number of hydrogen-bond acceptors (Lipinski definition) is 4. The Labute approximate surface area is 119 Å². The summed E-state index contributed by atoms with van der Waals surface area (Å²) in [6, 6.07) is 0. The van der Waals surface area contributed by atoms with E-state index in [0.29, 0.717) is 13.2 Å². The van der Waals surface area contributed by atoms with Crippen molar-refractivity contribution in [2.24, 2.45) is 0 Å². The average Bonchev–Trinajstić information content (AvgIpc) is 2.47. The van der Waals surface area contributed by atoms with Crippen LogP contribution in [-0.2, 0) is 0 Å². The van der Waals surface area contributed by atoms with Crippen LogP contribution >= 0.6 is 21.6 Å². The first-order valence-corrected chi connectivity index (χ1v) is 9.48. The van der Waals surface area contributed by atoms with E-state index in [2.05, 4.69) is 0 Å². The first-order chi connectivity index (χ1) is 8.74. The van der Waals surface area contributed by atoms with Gasteiger partial charge in [-0.05, 0) is 25.7 Å². The van der Waals surface area contributed by atoms with E-state index in [4.69, 9.17) is 0 Å². The van der Waals surface area contributed by atoms with Crippen LogP contribution in [0.1, 0.15) is 64.2 Å². The zero-order valence-electron chi connectivity index (χ0n) is 11.2. The smallest absolute Gasteiger partial charge is 0.0586 e. The largest absolute Gasteiger partial charge is 0.395 e. The van der Waals surface area contributed by atoms with Crippen LogP contribution in [0.5, 0.6) is 0 Å². The molecular weight excluding hydrogens is 264 g/mol. The molecule has 2 fully saturated rings. The maximum atomic E-state index is 9.73. The van der Waals surface area contributed by atoms with E-state index in [-0.39, 0.29) is 9.49 Å². The van der Waals surface area contributed by atoms with E-state index in [9.17, 15) is 10.2 Å². The predicted molar refractivity (Wildman–Crippen MR) is 81.0 cm³/mol. The monoisotopic (exact) mass is 290 g/mol. The Morgan fingerprint density at radius 2 is 0.944 bits per heavy atom. The van der Waals surface area contributed by atoms with Crippen molar-refractivity contribution < 1.29 is 10.2 Å². The summed E-state index contributed by atoms with van der Waals surface area (Å²) in [5, 5.41) is 19.5. The van der Waals surface area contributed by atoms with E-state index < -0.39 is 0 Å². The lowest BCUT2D eigenvalue weighted by Gasteiger charge is -2.40. The molecule has 0 atom stereocenters. The molecule has 2 rings (SSSR count). The summed E-state index contributed by atoms with van der Waals surface area (Å²) in [4.78, 5) is 0. The van der Waals surface area contributed by atoms with Crippen LogP contribution in [0, 0.1) is 0 Å². The zero-order valence-corrected chi connectivity index (χ0v) is 12.8. The van der Waals surface area contributed by atoms with Crippen LogP contribution < -0.4 is 0 Å². The standard InChI is InChI=1S/C14H26O2S2/c15-11-13(7-3-1-4-8-13)17-18-14(12-16)9-5-2-6-10-14/h15-16H,1-12H2. The first kappa shape index (κ1) is 15.0. The molecule has 0 heterocycles. The van der Waals surface area contributed by atoms with Crippen molar-refractivity contribution in [1.29, 1.82) is 0 Å². The Morgan fingerprint density at radius 3 is 1.22 bits per heavy atom. The van der Waals surface area contributed by atoms with Crippen molar-refractivity contribution in [2.75, 3.05) is 13.2 Å². The quantitative estimate of drug-likeness (QED) is 0.756. The second-order valence-electron chi connectivity index (χ2n) is 5.97. The SMILES string of the molecule is OCC1(SSC2(CO)CCCCC2)CCCCC1. The van der Waals surface area contributed by atoms with Crippen LogP contribution in [0.2, 0.25) is 0 Å². The van der Waals surface area contributed by atoms with Gasteiger partial charge < -0.3 is 10.2 Å². The minimum Gasteiger partial charge on any atom is -0.395 e. The fraction of sp³-hybridized carbons (Fsp3) is 1.00. The van der Waals surface area contributed by atoms with Gasteiger partial charge >= 0.3 is 0 Å². The van der Waals surface area contributed by atoms with Gasteiger partial charge in [0.1, 0.15) is 0 Å². The van der Waals surface area contributed by atoms with Crippen LogP contribution in [0.25, 0.3) is 0 Å². The summed E-state index contributed by atoms with van der Waals surface area (Å²) >= 11 is 0. The predicted octanol–water partition coefficient (Wildman–Crippen LogP) is 3.76. The Kier molecular flexibility index (Phi) is 5.73. The van der Waals surface area contributed by atoms with E-state index in [1.54, 1.807) is 0 Å². The normalized spacial score (nSPS) is 27.0. The number of aliphatic hydroxyl groups excluding tert-OH is 2. The number of aliphatic hydroxyl groups is 2. The average molecular weight is 290 g/mol. The molecule has 2 saturated carbocycles. The van der Waals surface area contributed by atoms with Crippen molar-refractivity contribution >= 4 is 21.6 Å². The van der Waals surface area contributed by atoms with Gasteiger partial charge in [0, 0.05) is 9.49 Å². The molecule has 0 aromatic carbocycles. The van der Waals surface area contributed by atoms with Crippen LogP contribution in [-0.4, -0.2) is 32.9 Å². The molecule has 0 aromatic rings. The summed E-state index contributed by atoms with van der Waals surface area (Å²) < 4.78 is 0.144. The maximum absolute atomic E-state index is 9.73. The second-order valence-corrected chi connectivity index (χ2v) is 9.04. The highest BCUT2D eigenvalue weighted by Gasteiger charge is 2.38. The summed E-state index contributed by atoms with van der Waals surface area (Å²) in [6.07, 6.45) is 12.2. The highest BCUT2D eigenvalue weighted by molar-refractivity contribution is 8.77. The minimum absolute atomic E-state index is 0.0720. The van der Waals surface area contributed by atoms with Gasteiger partial charge in [-0.25, -0.2) is 0 Å². The highest BCUT2D eigenvalue weighted by Crippen LogP contribution is 2.53. The van der Waals surface area contributed by atoms with Crippen LogP contribution in [0.15, 0.2) is 0 Å². The maximum Gasteiger partial charge on any atom is 0.0586 e. The molecule has 0 saturated heterocycles. The Morgan fingerprint density at radius 1 is 0.611 bits per heavy atom. The van der Waals surface area contributed by atoms with E-state index in [1.807, 2.05) is 21.6 Å². The van der Waals surface area contributed by atoms with Gasteiger partial charge in [-0.3, -0.25) is 0 Å². The third-order valence-electron chi connectivity index (χ3n) is 4.50. The van der Waals surface area contributed by atoms with Gasteiger partial charge in [0.25, 0.3) is 0 Å². The van der Waals surface area contributed by atoms with Gasteiger partial charge in [0.05, 0.1) is 13.2 Å². The molecule has 2 aliphatic rings. The molecule has 106 valence electrons. The molecular formula is C14H26O2S2. The topological polar surface area (TPSA) is 40.5 Å². The van der Waals surface area contributed by atoms with Crippen molar-refractivity contribution in [1.82, 2.24) is 0 Å². The molecule has 0 bridgehead atoms. The third kappa shape index (κ3) is 3.59. The summed E-state index contributed by atoms with van der Waals surface area (Å²) in [7, 11) is 3.76. The Bertz CT molecular complexity index is 220. The fourth-order valence-corrected chi connectivity index (χ4v) is 6.85. The van der Waals surface area contributed by atoms with Crippen molar-refractivity contribution in [2.45, 2.75) is 73.7 Å². The second kappa shape index (κ2) is 6.87. The highest BCUT2D eigenvalue weighted by atomic mass is 33.1. The molecule has 2 N–H and O–H groups in total. The molecule has 0 aromatic heterocycles. The molecule has 2 nitrogen and oxygen atoms in total. The van der Waals surface area contributed by atoms with Gasteiger partial charge in [0.15, 0.2) is 0 Å². The lowest BCUT2D eigenvalue weighted by atomic mass is 9.89. The molecule has 4 heteroatoms. The summed E-state index contributed by atoms with van der Waals surface area (Å²) in [5.41, 5.74) is 0. The molecule has 18 heavy (non-hydrogen) atoms. The first-order valence-electron chi connectivity index (χ1n) is 7.33. The summed E-state index contributed by atoms with van der Waals surface area (Å²) in [6.45, 7) is 0.596. The van der Waals surface area contributed by atoms with Crippen molar-refractivity contribution in [3.63, 3.8) is 0 Å². The van der Waals surface area contributed by atoms with Crippen LogP contribution in [0.3, 0.4) is 0 Å². The van der Waals surface area contributed by atoms with E-state index >= 15 is 0 Å². The lowest BCUT2D eigenvalue weighted by molar-refractivity contribution is 0.212. The number of hydrogen-bond donors (Lipinski definition) is 2. The molecule has 0 spiro atoms. The van der Waals surface area contributed by atoms with Gasteiger partial charge in [-0.15, -0.1) is 0 Å². The zero-order chi connectivity index (χ0) is 12.9. The van der Waals surface area contributed by atoms with Gasteiger partial charge in [-0.1, -0.05) is 60.1 Å². The molecule has 0 amide bonds. The van der Waals surface area contributed by atoms with Crippen LogP contribution in [0.4, 0.5) is 0 Å². The Hall–Kier alpha value is 0.620. The van der Waals surface area contributed by atoms with Gasteiger partial charge in [0.2, 0.25) is 0 Å². The molecule has 0 unspecified atom stereocenters. The van der Waals surface area contributed by atoms with Crippen molar-refractivity contribution in [3.8, 4) is 0 Å². The lowest BCUT2D eigenvalue weighted by Crippen LogP contribution is -2.35. The molecule has 2 aliphatic carbocycles. The number of rotatable bonds is 5. The van der Waals surface area contributed by atoms with Crippen molar-refractivity contribution in [3.05, 3.63) is 0 Å².